The van der Waals surface area contributed by atoms with Crippen molar-refractivity contribution < 1.29 is 18.3 Å². The van der Waals surface area contributed by atoms with E-state index >= 15 is 0 Å². The molecule has 0 aromatic carbocycles. The molecule has 1 aromatic rings. The van der Waals surface area contributed by atoms with E-state index in [1.54, 1.807) is 11.3 Å². The van der Waals surface area contributed by atoms with Crippen LogP contribution in [0.25, 0.3) is 0 Å². The number of thiophene rings is 1. The molecule has 0 spiro atoms. The number of nitrogens with one attached hydrogen (secondary N) is 1. The topological polar surface area (TPSA) is 38.3 Å². The molecule has 0 radical (unpaired) electrons. The summed E-state index contributed by atoms with van der Waals surface area (Å²) < 4.78 is 30.5. The molecule has 2 heterocycles. The lowest BCUT2D eigenvalue weighted by atomic mass is 10.2. The summed E-state index contributed by atoms with van der Waals surface area (Å²) >= 11 is 1.66. The molecule has 1 saturated heterocycles. The molecule has 3 nitrogen and oxygen atoms in total. The molecule has 0 amide bonds. The Bertz CT molecular complexity index is 447. The molecule has 6 heteroatoms. The Hall–Kier alpha value is -1.01. The molecule has 0 bridgehead atoms. The molecule has 1 N–H and O–H groups in total. The van der Waals surface area contributed by atoms with E-state index in [4.69, 9.17) is 0 Å². The van der Waals surface area contributed by atoms with Crippen molar-refractivity contribution in [2.75, 3.05) is 6.54 Å². The number of aryl methyl sites for hydroxylation is 1. The van der Waals surface area contributed by atoms with E-state index in [2.05, 4.69) is 10.1 Å². The van der Waals surface area contributed by atoms with Gasteiger partial charge >= 0.3 is 11.9 Å². The average Bonchev–Trinajstić information content (AvgIpc) is 2.81. The minimum Gasteiger partial charge on any atom is -0.456 e. The maximum absolute atomic E-state index is 12.9. The largest absolute Gasteiger partial charge is 0.456 e. The van der Waals surface area contributed by atoms with Gasteiger partial charge in [0.15, 0.2) is 0 Å². The molecule has 1 aliphatic heterocycles. The molecular formula is C12H15F2NO2S. The van der Waals surface area contributed by atoms with Crippen molar-refractivity contribution in [1.29, 1.82) is 0 Å². The Morgan fingerprint density at radius 1 is 1.61 bits per heavy atom. The van der Waals surface area contributed by atoms with Gasteiger partial charge in [0.2, 0.25) is 0 Å². The second-order valence-corrected chi connectivity index (χ2v) is 5.83. The lowest BCUT2D eigenvalue weighted by molar-refractivity contribution is -0.159. The number of esters is 1. The van der Waals surface area contributed by atoms with E-state index in [0.29, 0.717) is 0 Å². The molecule has 2 unspecified atom stereocenters. The van der Waals surface area contributed by atoms with Crippen molar-refractivity contribution in [3.05, 3.63) is 21.9 Å². The number of carbonyl (C=O) groups excluding carboxylic acids is 1. The van der Waals surface area contributed by atoms with Gasteiger partial charge < -0.3 is 10.1 Å². The fourth-order valence-corrected chi connectivity index (χ4v) is 2.76. The third kappa shape index (κ3) is 2.87. The smallest absolute Gasteiger partial charge is 0.377 e. The summed E-state index contributed by atoms with van der Waals surface area (Å²) in [5, 5.41) is 3.11. The number of carbonyl (C=O) groups is 1. The van der Waals surface area contributed by atoms with Crippen LogP contribution >= 0.6 is 11.3 Å². The number of hydrogen-bond donors (Lipinski definition) is 1. The number of rotatable bonds is 4. The zero-order valence-electron chi connectivity index (χ0n) is 10.2. The number of halogens is 2. The van der Waals surface area contributed by atoms with Gasteiger partial charge in [-0.1, -0.05) is 0 Å². The lowest BCUT2D eigenvalue weighted by Gasteiger charge is -2.15. The first-order chi connectivity index (χ1) is 8.38. The third-order valence-corrected chi connectivity index (χ3v) is 4.08. The van der Waals surface area contributed by atoms with Crippen molar-refractivity contribution >= 4 is 17.3 Å². The third-order valence-electron chi connectivity index (χ3n) is 2.90. The number of ether oxygens (including phenoxy) is 1. The Balaban J connectivity index is 1.84. The summed E-state index contributed by atoms with van der Waals surface area (Å²) in [6.45, 7) is 4.22. The maximum Gasteiger partial charge on any atom is 0.377 e. The summed E-state index contributed by atoms with van der Waals surface area (Å²) in [7, 11) is 0. The fourth-order valence-electron chi connectivity index (χ4n) is 1.86. The van der Waals surface area contributed by atoms with E-state index in [1.165, 1.54) is 4.88 Å². The summed E-state index contributed by atoms with van der Waals surface area (Å²) in [4.78, 5) is 13.2. The Labute approximate surface area is 108 Å². The highest BCUT2D eigenvalue weighted by molar-refractivity contribution is 7.12. The number of hydrogen-bond acceptors (Lipinski definition) is 4. The molecule has 100 valence electrons. The van der Waals surface area contributed by atoms with Gasteiger partial charge in [-0.05, 0) is 26.0 Å². The van der Waals surface area contributed by atoms with Gasteiger partial charge in [0.05, 0.1) is 6.42 Å². The van der Waals surface area contributed by atoms with E-state index in [1.807, 2.05) is 26.0 Å². The standard InChI is InChI=1S/C12H15F2NO2S/c1-7-3-4-10(18-7)8(2)15-6-9-5-12(13,14)11(16)17-9/h3-4,8-9,15H,5-6H2,1-2H3. The Morgan fingerprint density at radius 3 is 2.83 bits per heavy atom. The summed E-state index contributed by atoms with van der Waals surface area (Å²) in [5.41, 5.74) is 0. The van der Waals surface area contributed by atoms with Crippen LogP contribution in [0.4, 0.5) is 8.78 Å². The molecule has 0 aliphatic carbocycles. The Kier molecular flexibility index (Phi) is 3.68. The molecule has 2 atom stereocenters. The van der Waals surface area contributed by atoms with Crippen molar-refractivity contribution in [2.45, 2.75) is 38.3 Å². The van der Waals surface area contributed by atoms with Crippen molar-refractivity contribution in [2.24, 2.45) is 0 Å². The van der Waals surface area contributed by atoms with Crippen LogP contribution in [0.2, 0.25) is 0 Å². The highest BCUT2D eigenvalue weighted by atomic mass is 32.1. The first kappa shape index (κ1) is 13.4. The van der Waals surface area contributed by atoms with Gasteiger partial charge in [-0.15, -0.1) is 11.3 Å². The van der Waals surface area contributed by atoms with Crippen LogP contribution in [0.3, 0.4) is 0 Å². The minimum absolute atomic E-state index is 0.0663. The van der Waals surface area contributed by atoms with Gasteiger partial charge in [-0.3, -0.25) is 0 Å². The first-order valence-electron chi connectivity index (χ1n) is 5.77. The van der Waals surface area contributed by atoms with Gasteiger partial charge in [0.25, 0.3) is 0 Å². The number of cyclic esters (lactones) is 1. The van der Waals surface area contributed by atoms with Crippen molar-refractivity contribution in [3.63, 3.8) is 0 Å². The van der Waals surface area contributed by atoms with Crippen molar-refractivity contribution in [1.82, 2.24) is 5.32 Å². The molecule has 0 saturated carbocycles. The highest BCUT2D eigenvalue weighted by Gasteiger charge is 2.50. The highest BCUT2D eigenvalue weighted by Crippen LogP contribution is 2.31. The number of alkyl halides is 2. The first-order valence-corrected chi connectivity index (χ1v) is 6.59. The van der Waals surface area contributed by atoms with Crippen molar-refractivity contribution in [3.8, 4) is 0 Å². The van der Waals surface area contributed by atoms with Crippen LogP contribution in [-0.2, 0) is 9.53 Å². The van der Waals surface area contributed by atoms with Gasteiger partial charge in [-0.2, -0.15) is 8.78 Å². The molecular weight excluding hydrogens is 260 g/mol. The monoisotopic (exact) mass is 275 g/mol. The van der Waals surface area contributed by atoms with Crippen LogP contribution < -0.4 is 5.32 Å². The van der Waals surface area contributed by atoms with E-state index in [0.717, 1.165) is 4.88 Å². The molecule has 18 heavy (non-hydrogen) atoms. The fraction of sp³-hybridized carbons (Fsp3) is 0.583. The molecule has 1 fully saturated rings. The van der Waals surface area contributed by atoms with Crippen LogP contribution in [-0.4, -0.2) is 24.5 Å². The Morgan fingerprint density at radius 2 is 2.33 bits per heavy atom. The zero-order valence-corrected chi connectivity index (χ0v) is 11.0. The summed E-state index contributed by atoms with van der Waals surface area (Å²) in [6.07, 6.45) is -1.27. The minimum atomic E-state index is -3.32. The maximum atomic E-state index is 12.9. The van der Waals surface area contributed by atoms with Crippen LogP contribution in [0.15, 0.2) is 12.1 Å². The van der Waals surface area contributed by atoms with E-state index < -0.39 is 24.4 Å². The molecule has 2 rings (SSSR count). The second-order valence-electron chi connectivity index (χ2n) is 4.51. The van der Waals surface area contributed by atoms with Crippen LogP contribution in [0.5, 0.6) is 0 Å². The van der Waals surface area contributed by atoms with Crippen LogP contribution in [0, 0.1) is 6.92 Å². The second kappa shape index (κ2) is 4.93. The zero-order chi connectivity index (χ0) is 13.3. The predicted molar refractivity (Wildman–Crippen MR) is 64.9 cm³/mol. The SMILES string of the molecule is Cc1ccc(C(C)NCC2CC(F)(F)C(=O)O2)s1. The normalized spacial score (nSPS) is 24.0. The van der Waals surface area contributed by atoms with E-state index in [9.17, 15) is 13.6 Å². The van der Waals surface area contributed by atoms with Gasteiger partial charge in [-0.25, -0.2) is 4.79 Å². The van der Waals surface area contributed by atoms with Gasteiger partial charge in [0, 0.05) is 22.3 Å². The summed E-state index contributed by atoms with van der Waals surface area (Å²) in [6, 6.07) is 4.09. The van der Waals surface area contributed by atoms with E-state index in [-0.39, 0.29) is 12.6 Å². The predicted octanol–water partition coefficient (Wildman–Crippen LogP) is 2.66. The molecule has 1 aromatic heterocycles. The molecule has 1 aliphatic rings. The quantitative estimate of drug-likeness (QED) is 0.859. The average molecular weight is 275 g/mol. The summed E-state index contributed by atoms with van der Waals surface area (Å²) in [5.74, 6) is -4.73. The van der Waals surface area contributed by atoms with Gasteiger partial charge in [0.1, 0.15) is 6.10 Å². The van der Waals surface area contributed by atoms with Crippen LogP contribution in [0.1, 0.15) is 29.1 Å². The lowest BCUT2D eigenvalue weighted by Crippen LogP contribution is -2.29.